The summed E-state index contributed by atoms with van der Waals surface area (Å²) in [5.41, 5.74) is 2.97. The van der Waals surface area contributed by atoms with Gasteiger partial charge in [-0.25, -0.2) is 4.39 Å². The third kappa shape index (κ3) is 3.44. The summed E-state index contributed by atoms with van der Waals surface area (Å²) in [6, 6.07) is 14.0. The molecule has 3 heteroatoms. The second kappa shape index (κ2) is 6.33. The molecule has 1 atom stereocenters. The maximum atomic E-state index is 13.0. The Bertz CT molecular complexity index is 573. The highest BCUT2D eigenvalue weighted by atomic mass is 19.1. The molecule has 0 aromatic heterocycles. The van der Waals surface area contributed by atoms with Gasteiger partial charge in [-0.15, -0.1) is 0 Å². The third-order valence-corrected chi connectivity index (χ3v) is 3.44. The largest absolute Gasteiger partial charge is 0.481 e. The van der Waals surface area contributed by atoms with Crippen LogP contribution in [0.5, 0.6) is 0 Å². The lowest BCUT2D eigenvalue weighted by atomic mass is 9.88. The van der Waals surface area contributed by atoms with Crippen molar-refractivity contribution in [3.05, 3.63) is 71.0 Å². The molecule has 0 amide bonds. The molecule has 1 unspecified atom stereocenters. The molecule has 1 N–H and O–H groups in total. The minimum absolute atomic E-state index is 0.00287. The van der Waals surface area contributed by atoms with Crippen molar-refractivity contribution in [1.82, 2.24) is 0 Å². The topological polar surface area (TPSA) is 37.3 Å². The second-order valence-corrected chi connectivity index (χ2v) is 4.80. The first kappa shape index (κ1) is 14.3. The lowest BCUT2D eigenvalue weighted by Crippen LogP contribution is -2.08. The zero-order valence-electron chi connectivity index (χ0n) is 11.3. The minimum atomic E-state index is -0.862. The predicted octanol–water partition coefficient (Wildman–Crippen LogP) is 3.99. The van der Waals surface area contributed by atoms with Crippen LogP contribution in [0, 0.1) is 5.82 Å². The molecule has 0 aliphatic rings. The number of rotatable bonds is 5. The van der Waals surface area contributed by atoms with Crippen molar-refractivity contribution in [3.8, 4) is 0 Å². The zero-order chi connectivity index (χ0) is 14.5. The van der Waals surface area contributed by atoms with Crippen LogP contribution in [0.1, 0.15) is 36.0 Å². The normalized spacial score (nSPS) is 12.1. The molecule has 0 heterocycles. The van der Waals surface area contributed by atoms with Crippen LogP contribution in [0.15, 0.2) is 48.5 Å². The fourth-order valence-electron chi connectivity index (χ4n) is 2.28. The SMILES string of the molecule is CCc1ccc(C(CC(=O)O)c2ccc(F)cc2)cc1. The number of halogens is 1. The summed E-state index contributed by atoms with van der Waals surface area (Å²) in [7, 11) is 0. The molecule has 0 spiro atoms. The van der Waals surface area contributed by atoms with E-state index >= 15 is 0 Å². The van der Waals surface area contributed by atoms with Gasteiger partial charge in [0.05, 0.1) is 6.42 Å². The maximum absolute atomic E-state index is 13.0. The Kier molecular flexibility index (Phi) is 4.51. The Morgan fingerprint density at radius 1 is 1.05 bits per heavy atom. The van der Waals surface area contributed by atoms with E-state index in [-0.39, 0.29) is 18.2 Å². The van der Waals surface area contributed by atoms with Crippen molar-refractivity contribution >= 4 is 5.97 Å². The number of carbonyl (C=O) groups is 1. The lowest BCUT2D eigenvalue weighted by Gasteiger charge is -2.16. The molecular weight excluding hydrogens is 255 g/mol. The van der Waals surface area contributed by atoms with E-state index < -0.39 is 5.97 Å². The predicted molar refractivity (Wildman–Crippen MR) is 76.3 cm³/mol. The van der Waals surface area contributed by atoms with Crippen LogP contribution in [0.3, 0.4) is 0 Å². The van der Waals surface area contributed by atoms with Crippen molar-refractivity contribution in [2.24, 2.45) is 0 Å². The van der Waals surface area contributed by atoms with Gasteiger partial charge in [0.2, 0.25) is 0 Å². The number of carboxylic acid groups (broad SMARTS) is 1. The van der Waals surface area contributed by atoms with Crippen molar-refractivity contribution in [1.29, 1.82) is 0 Å². The molecule has 0 aliphatic heterocycles. The number of carboxylic acids is 1. The Morgan fingerprint density at radius 2 is 1.55 bits per heavy atom. The van der Waals surface area contributed by atoms with Gasteiger partial charge in [-0.2, -0.15) is 0 Å². The maximum Gasteiger partial charge on any atom is 0.304 e. The molecule has 2 aromatic carbocycles. The quantitative estimate of drug-likeness (QED) is 0.893. The van der Waals surface area contributed by atoms with Crippen LogP contribution in [0.2, 0.25) is 0 Å². The first-order chi connectivity index (χ1) is 9.60. The number of benzene rings is 2. The second-order valence-electron chi connectivity index (χ2n) is 4.80. The lowest BCUT2D eigenvalue weighted by molar-refractivity contribution is -0.137. The van der Waals surface area contributed by atoms with E-state index in [0.717, 1.165) is 17.5 Å². The Morgan fingerprint density at radius 3 is 2.00 bits per heavy atom. The van der Waals surface area contributed by atoms with E-state index in [9.17, 15) is 9.18 Å². The van der Waals surface area contributed by atoms with E-state index in [0.29, 0.717) is 0 Å². The van der Waals surface area contributed by atoms with Gasteiger partial charge in [0.25, 0.3) is 0 Å². The van der Waals surface area contributed by atoms with Crippen LogP contribution >= 0.6 is 0 Å². The standard InChI is InChI=1S/C17H17FO2/c1-2-12-3-5-13(6-4-12)16(11-17(19)20)14-7-9-15(18)10-8-14/h3-10,16H,2,11H2,1H3,(H,19,20). The van der Waals surface area contributed by atoms with E-state index in [4.69, 9.17) is 5.11 Å². The molecule has 0 aliphatic carbocycles. The summed E-state index contributed by atoms with van der Waals surface area (Å²) >= 11 is 0. The molecule has 104 valence electrons. The fraction of sp³-hybridized carbons (Fsp3) is 0.235. The highest BCUT2D eigenvalue weighted by molar-refractivity contribution is 5.69. The van der Waals surface area contributed by atoms with E-state index in [1.807, 2.05) is 24.3 Å². The molecule has 0 fully saturated rings. The highest BCUT2D eigenvalue weighted by Crippen LogP contribution is 2.28. The third-order valence-electron chi connectivity index (χ3n) is 3.44. The van der Waals surface area contributed by atoms with E-state index in [1.54, 1.807) is 12.1 Å². The fourth-order valence-corrected chi connectivity index (χ4v) is 2.28. The molecule has 2 aromatic rings. The molecule has 0 radical (unpaired) electrons. The van der Waals surface area contributed by atoms with Gasteiger partial charge in [0, 0.05) is 5.92 Å². The van der Waals surface area contributed by atoms with Gasteiger partial charge in [-0.05, 0) is 35.2 Å². The van der Waals surface area contributed by atoms with Crippen molar-refractivity contribution < 1.29 is 14.3 Å². The molecule has 0 saturated heterocycles. The van der Waals surface area contributed by atoms with Gasteiger partial charge in [-0.3, -0.25) is 4.79 Å². The van der Waals surface area contributed by atoms with Gasteiger partial charge >= 0.3 is 5.97 Å². The summed E-state index contributed by atoms with van der Waals surface area (Å²) in [6.45, 7) is 2.07. The highest BCUT2D eigenvalue weighted by Gasteiger charge is 2.17. The summed E-state index contributed by atoms with van der Waals surface area (Å²) in [5, 5.41) is 9.09. The van der Waals surface area contributed by atoms with Gasteiger partial charge < -0.3 is 5.11 Å². The Labute approximate surface area is 117 Å². The van der Waals surface area contributed by atoms with E-state index in [2.05, 4.69) is 6.92 Å². The average Bonchev–Trinajstić information content (AvgIpc) is 2.46. The first-order valence-electron chi connectivity index (χ1n) is 6.66. The molecular formula is C17H17FO2. The van der Waals surface area contributed by atoms with Gasteiger partial charge in [0.1, 0.15) is 5.82 Å². The minimum Gasteiger partial charge on any atom is -0.481 e. The summed E-state index contributed by atoms with van der Waals surface area (Å²) < 4.78 is 13.0. The molecule has 2 nitrogen and oxygen atoms in total. The molecule has 0 bridgehead atoms. The van der Waals surface area contributed by atoms with Crippen LogP contribution in [-0.2, 0) is 11.2 Å². The Hall–Kier alpha value is -2.16. The summed E-state index contributed by atoms with van der Waals surface area (Å²) in [4.78, 5) is 11.1. The molecule has 2 rings (SSSR count). The van der Waals surface area contributed by atoms with Crippen molar-refractivity contribution in [2.45, 2.75) is 25.7 Å². The van der Waals surface area contributed by atoms with Crippen molar-refractivity contribution in [3.63, 3.8) is 0 Å². The number of aliphatic carboxylic acids is 1. The van der Waals surface area contributed by atoms with Crippen molar-refractivity contribution in [2.75, 3.05) is 0 Å². The first-order valence-corrected chi connectivity index (χ1v) is 6.66. The van der Waals surface area contributed by atoms with Crippen LogP contribution in [-0.4, -0.2) is 11.1 Å². The van der Waals surface area contributed by atoms with Crippen LogP contribution < -0.4 is 0 Å². The monoisotopic (exact) mass is 272 g/mol. The number of aryl methyl sites for hydroxylation is 1. The van der Waals surface area contributed by atoms with Crippen LogP contribution in [0.25, 0.3) is 0 Å². The Balaban J connectivity index is 2.35. The average molecular weight is 272 g/mol. The summed E-state index contributed by atoms with van der Waals surface area (Å²) in [5.74, 6) is -1.43. The zero-order valence-corrected chi connectivity index (χ0v) is 11.3. The van der Waals surface area contributed by atoms with Gasteiger partial charge in [0.15, 0.2) is 0 Å². The van der Waals surface area contributed by atoms with Crippen LogP contribution in [0.4, 0.5) is 4.39 Å². The molecule has 20 heavy (non-hydrogen) atoms. The number of hydrogen-bond donors (Lipinski definition) is 1. The van der Waals surface area contributed by atoms with E-state index in [1.165, 1.54) is 17.7 Å². The molecule has 0 saturated carbocycles. The number of hydrogen-bond acceptors (Lipinski definition) is 1. The van der Waals surface area contributed by atoms with Gasteiger partial charge in [-0.1, -0.05) is 43.3 Å². The smallest absolute Gasteiger partial charge is 0.304 e. The summed E-state index contributed by atoms with van der Waals surface area (Å²) in [6.07, 6.45) is 0.942.